The first kappa shape index (κ1) is 15.6. The van der Waals surface area contributed by atoms with Crippen LogP contribution in [-0.2, 0) is 12.8 Å². The van der Waals surface area contributed by atoms with E-state index in [1.807, 2.05) is 0 Å². The summed E-state index contributed by atoms with van der Waals surface area (Å²) < 4.78 is 0. The largest absolute Gasteiger partial charge is 0.367 e. The summed E-state index contributed by atoms with van der Waals surface area (Å²) in [5.41, 5.74) is 2.69. The van der Waals surface area contributed by atoms with Crippen LogP contribution >= 0.6 is 0 Å². The number of aromatic nitrogens is 2. The zero-order valence-corrected chi connectivity index (χ0v) is 14.2. The molecule has 1 aromatic rings. The molecule has 0 spiro atoms. The van der Waals surface area contributed by atoms with Gasteiger partial charge in [-0.1, -0.05) is 26.2 Å². The summed E-state index contributed by atoms with van der Waals surface area (Å²) in [5, 5.41) is 3.74. The molecule has 1 heterocycles. The summed E-state index contributed by atoms with van der Waals surface area (Å²) in [7, 11) is 2.12. The van der Waals surface area contributed by atoms with Crippen molar-refractivity contribution in [3.63, 3.8) is 0 Å². The quantitative estimate of drug-likeness (QED) is 0.864. The van der Waals surface area contributed by atoms with Gasteiger partial charge in [0.05, 0.1) is 5.69 Å². The summed E-state index contributed by atoms with van der Waals surface area (Å²) in [6, 6.07) is 0.620. The van der Waals surface area contributed by atoms with Gasteiger partial charge in [-0.2, -0.15) is 4.98 Å². The van der Waals surface area contributed by atoms with Crippen molar-refractivity contribution in [2.45, 2.75) is 77.2 Å². The van der Waals surface area contributed by atoms with Gasteiger partial charge in [0.25, 0.3) is 0 Å². The Hall–Kier alpha value is -1.32. The Balaban J connectivity index is 1.84. The lowest BCUT2D eigenvalue weighted by Crippen LogP contribution is -2.25. The fourth-order valence-corrected chi connectivity index (χ4v) is 3.63. The molecule has 0 atom stereocenters. The molecule has 1 fully saturated rings. The first-order chi connectivity index (χ1) is 10.8. The highest BCUT2D eigenvalue weighted by Crippen LogP contribution is 2.30. The molecule has 2 aliphatic rings. The predicted octanol–water partition coefficient (Wildman–Crippen LogP) is 3.95. The van der Waals surface area contributed by atoms with Crippen molar-refractivity contribution < 1.29 is 0 Å². The molecule has 122 valence electrons. The number of hydrogen-bond donors (Lipinski definition) is 1. The Kier molecular flexibility index (Phi) is 5.16. The van der Waals surface area contributed by atoms with Gasteiger partial charge in [-0.15, -0.1) is 0 Å². The molecule has 1 aromatic heterocycles. The van der Waals surface area contributed by atoms with E-state index in [0.717, 1.165) is 31.2 Å². The lowest BCUT2D eigenvalue weighted by Gasteiger charge is -2.25. The van der Waals surface area contributed by atoms with E-state index in [9.17, 15) is 0 Å². The zero-order valence-electron chi connectivity index (χ0n) is 14.2. The van der Waals surface area contributed by atoms with E-state index in [-0.39, 0.29) is 0 Å². The van der Waals surface area contributed by atoms with Gasteiger partial charge in [0.15, 0.2) is 0 Å². The van der Waals surface area contributed by atoms with Crippen LogP contribution in [0.5, 0.6) is 0 Å². The lowest BCUT2D eigenvalue weighted by atomic mass is 9.96. The maximum Gasteiger partial charge on any atom is 0.227 e. The minimum absolute atomic E-state index is 0.620. The molecule has 0 radical (unpaired) electrons. The third-order valence-electron chi connectivity index (χ3n) is 5.06. The molecule has 0 amide bonds. The van der Waals surface area contributed by atoms with Crippen LogP contribution < -0.4 is 10.2 Å². The van der Waals surface area contributed by atoms with Crippen molar-refractivity contribution in [1.82, 2.24) is 9.97 Å². The Bertz CT molecular complexity index is 494. The Labute approximate surface area is 134 Å². The van der Waals surface area contributed by atoms with E-state index in [2.05, 4.69) is 24.2 Å². The second-order valence-corrected chi connectivity index (χ2v) is 6.91. The van der Waals surface area contributed by atoms with E-state index in [0.29, 0.717) is 6.04 Å². The number of aryl methyl sites for hydroxylation is 1. The van der Waals surface area contributed by atoms with Crippen LogP contribution in [-0.4, -0.2) is 29.6 Å². The fourth-order valence-electron chi connectivity index (χ4n) is 3.63. The van der Waals surface area contributed by atoms with Gasteiger partial charge >= 0.3 is 0 Å². The van der Waals surface area contributed by atoms with Crippen LogP contribution in [0.25, 0.3) is 0 Å². The predicted molar refractivity (Wildman–Crippen MR) is 92.7 cm³/mol. The Morgan fingerprint density at radius 1 is 1.09 bits per heavy atom. The Morgan fingerprint density at radius 3 is 2.64 bits per heavy atom. The van der Waals surface area contributed by atoms with Crippen molar-refractivity contribution in [2.24, 2.45) is 0 Å². The molecule has 2 aliphatic carbocycles. The van der Waals surface area contributed by atoms with Gasteiger partial charge in [-0.25, -0.2) is 4.98 Å². The van der Waals surface area contributed by atoms with Crippen molar-refractivity contribution in [2.75, 3.05) is 23.8 Å². The number of fused-ring (bicyclic) bond motifs is 1. The maximum atomic E-state index is 4.91. The third kappa shape index (κ3) is 3.53. The summed E-state index contributed by atoms with van der Waals surface area (Å²) >= 11 is 0. The fraction of sp³-hybridized carbons (Fsp3) is 0.778. The van der Waals surface area contributed by atoms with Gasteiger partial charge in [0.2, 0.25) is 5.95 Å². The molecule has 3 rings (SSSR count). The molecule has 4 nitrogen and oxygen atoms in total. The Morgan fingerprint density at radius 2 is 1.86 bits per heavy atom. The molecular formula is C18H30N4. The van der Waals surface area contributed by atoms with Crippen LogP contribution in [0.4, 0.5) is 11.8 Å². The van der Waals surface area contributed by atoms with Gasteiger partial charge in [0, 0.05) is 25.2 Å². The van der Waals surface area contributed by atoms with Crippen LogP contribution in [0.3, 0.4) is 0 Å². The standard InChI is InChI=1S/C18H30N4/c1-3-4-13-22(2)18-20-16-12-8-7-11-15(16)17(21-18)19-14-9-5-6-10-14/h14H,3-13H2,1-2H3,(H,19,20,21). The highest BCUT2D eigenvalue weighted by molar-refractivity contribution is 5.52. The number of anilines is 2. The second-order valence-electron chi connectivity index (χ2n) is 6.91. The van der Waals surface area contributed by atoms with Crippen LogP contribution in [0, 0.1) is 0 Å². The lowest BCUT2D eigenvalue weighted by molar-refractivity contribution is 0.653. The SMILES string of the molecule is CCCCN(C)c1nc2c(c(NC3CCCC3)n1)CCCC2. The molecule has 0 unspecified atom stereocenters. The number of nitrogens with one attached hydrogen (secondary N) is 1. The normalized spacial score (nSPS) is 18.3. The third-order valence-corrected chi connectivity index (χ3v) is 5.06. The summed E-state index contributed by atoms with van der Waals surface area (Å²) in [5.74, 6) is 2.05. The van der Waals surface area contributed by atoms with Crippen molar-refractivity contribution in [3.8, 4) is 0 Å². The van der Waals surface area contributed by atoms with Crippen molar-refractivity contribution in [3.05, 3.63) is 11.3 Å². The number of hydrogen-bond acceptors (Lipinski definition) is 4. The van der Waals surface area contributed by atoms with E-state index in [1.165, 1.54) is 62.6 Å². The van der Waals surface area contributed by atoms with E-state index in [1.54, 1.807) is 0 Å². The van der Waals surface area contributed by atoms with Crippen molar-refractivity contribution >= 4 is 11.8 Å². The van der Waals surface area contributed by atoms with Gasteiger partial charge in [-0.05, 0) is 44.9 Å². The molecular weight excluding hydrogens is 272 g/mol. The van der Waals surface area contributed by atoms with Crippen molar-refractivity contribution in [1.29, 1.82) is 0 Å². The summed E-state index contributed by atoms with van der Waals surface area (Å²) in [6.45, 7) is 3.27. The number of nitrogens with zero attached hydrogens (tertiary/aromatic N) is 3. The minimum Gasteiger partial charge on any atom is -0.367 e. The van der Waals surface area contributed by atoms with Crippen LogP contribution in [0.2, 0.25) is 0 Å². The molecule has 1 saturated carbocycles. The second kappa shape index (κ2) is 7.30. The molecule has 0 aromatic carbocycles. The highest BCUT2D eigenvalue weighted by atomic mass is 15.2. The molecule has 0 aliphatic heterocycles. The number of rotatable bonds is 6. The monoisotopic (exact) mass is 302 g/mol. The van der Waals surface area contributed by atoms with Gasteiger partial charge < -0.3 is 10.2 Å². The molecule has 22 heavy (non-hydrogen) atoms. The minimum atomic E-state index is 0.620. The van der Waals surface area contributed by atoms with E-state index < -0.39 is 0 Å². The summed E-state index contributed by atoms with van der Waals surface area (Å²) in [4.78, 5) is 12.0. The first-order valence-electron chi connectivity index (χ1n) is 9.15. The maximum absolute atomic E-state index is 4.91. The van der Waals surface area contributed by atoms with Gasteiger partial charge in [-0.3, -0.25) is 0 Å². The average Bonchev–Trinajstić information content (AvgIpc) is 3.05. The molecule has 1 N–H and O–H groups in total. The van der Waals surface area contributed by atoms with Gasteiger partial charge in [0.1, 0.15) is 5.82 Å². The molecule has 0 bridgehead atoms. The van der Waals surface area contributed by atoms with Crippen LogP contribution in [0.1, 0.15) is 69.5 Å². The topological polar surface area (TPSA) is 41.1 Å². The molecule has 0 saturated heterocycles. The van der Waals surface area contributed by atoms with Crippen LogP contribution in [0.15, 0.2) is 0 Å². The number of unbranched alkanes of at least 4 members (excludes halogenated alkanes) is 1. The van der Waals surface area contributed by atoms with E-state index in [4.69, 9.17) is 9.97 Å². The van der Waals surface area contributed by atoms with E-state index >= 15 is 0 Å². The smallest absolute Gasteiger partial charge is 0.227 e. The summed E-state index contributed by atoms with van der Waals surface area (Å²) in [6.07, 6.45) is 12.5. The average molecular weight is 302 g/mol. The first-order valence-corrected chi connectivity index (χ1v) is 9.15. The molecule has 4 heteroatoms. The highest BCUT2D eigenvalue weighted by Gasteiger charge is 2.22. The zero-order chi connectivity index (χ0) is 15.4.